The third-order valence-corrected chi connectivity index (χ3v) is 1.58. The predicted molar refractivity (Wildman–Crippen MR) is 50.6 cm³/mol. The minimum Gasteiger partial charge on any atom is -0.370 e. The van der Waals surface area contributed by atoms with E-state index in [4.69, 9.17) is 10.5 Å². The molecular weight excluding hydrogens is 180 g/mol. The maximum absolute atomic E-state index is 8.68. The summed E-state index contributed by atoms with van der Waals surface area (Å²) in [6, 6.07) is 3.62. The Labute approximate surface area is 81.2 Å². The van der Waals surface area contributed by atoms with Gasteiger partial charge in [0.15, 0.2) is 23.0 Å². The molecule has 70 valence electrons. The molecular formula is C8H8N6. The number of nitriles is 2. The molecule has 14 heavy (non-hydrogen) atoms. The fourth-order valence-electron chi connectivity index (χ4n) is 0.940. The van der Waals surface area contributed by atoms with Gasteiger partial charge < -0.3 is 10.6 Å². The van der Waals surface area contributed by atoms with Crippen molar-refractivity contribution in [1.82, 2.24) is 9.97 Å². The molecule has 0 aliphatic carbocycles. The average molecular weight is 188 g/mol. The second-order valence-electron chi connectivity index (χ2n) is 2.34. The van der Waals surface area contributed by atoms with E-state index in [1.165, 1.54) is 0 Å². The highest BCUT2D eigenvalue weighted by Crippen LogP contribution is 2.16. The normalized spacial score (nSPS) is 8.57. The zero-order chi connectivity index (χ0) is 10.6. The molecule has 1 heterocycles. The predicted octanol–water partition coefficient (Wildman–Crippen LogP) is 0.303. The molecule has 0 saturated carbocycles. The van der Waals surface area contributed by atoms with Gasteiger partial charge in [0.1, 0.15) is 12.1 Å². The Balaban J connectivity index is 3.39. The summed E-state index contributed by atoms with van der Waals surface area (Å²) in [6.07, 6.45) is 0. The van der Waals surface area contributed by atoms with Crippen LogP contribution in [0.4, 0.5) is 11.6 Å². The molecule has 0 aromatic carbocycles. The molecule has 0 unspecified atom stereocenters. The van der Waals surface area contributed by atoms with Crippen LogP contribution in [0.3, 0.4) is 0 Å². The van der Waals surface area contributed by atoms with Crippen LogP contribution in [0.25, 0.3) is 0 Å². The van der Waals surface area contributed by atoms with Gasteiger partial charge in [-0.3, -0.25) is 0 Å². The quantitative estimate of drug-likeness (QED) is 0.692. The van der Waals surface area contributed by atoms with Gasteiger partial charge in [0.2, 0.25) is 0 Å². The van der Waals surface area contributed by atoms with Crippen LogP contribution in [0.1, 0.15) is 11.4 Å². The maximum atomic E-state index is 8.68. The number of nitrogens with one attached hydrogen (secondary N) is 2. The number of rotatable bonds is 2. The van der Waals surface area contributed by atoms with Gasteiger partial charge in [-0.1, -0.05) is 0 Å². The smallest absolute Gasteiger partial charge is 0.179 e. The van der Waals surface area contributed by atoms with Crippen molar-refractivity contribution >= 4 is 11.6 Å². The molecule has 0 fully saturated rings. The van der Waals surface area contributed by atoms with Crippen LogP contribution >= 0.6 is 0 Å². The number of anilines is 2. The highest BCUT2D eigenvalue weighted by molar-refractivity contribution is 5.61. The van der Waals surface area contributed by atoms with Crippen LogP contribution in [0.2, 0.25) is 0 Å². The summed E-state index contributed by atoms with van der Waals surface area (Å²) in [5, 5.41) is 22.9. The van der Waals surface area contributed by atoms with Gasteiger partial charge in [-0.25, -0.2) is 9.97 Å². The number of nitrogens with zero attached hydrogens (tertiary/aromatic N) is 4. The average Bonchev–Trinajstić information content (AvgIpc) is 2.26. The van der Waals surface area contributed by atoms with Crippen molar-refractivity contribution in [2.45, 2.75) is 0 Å². The van der Waals surface area contributed by atoms with Gasteiger partial charge in [0, 0.05) is 14.1 Å². The molecule has 0 bridgehead atoms. The van der Waals surface area contributed by atoms with E-state index in [0.717, 1.165) is 0 Å². The van der Waals surface area contributed by atoms with E-state index in [0.29, 0.717) is 11.6 Å². The number of aromatic nitrogens is 2. The molecule has 2 N–H and O–H groups in total. The summed E-state index contributed by atoms with van der Waals surface area (Å²) >= 11 is 0. The van der Waals surface area contributed by atoms with Gasteiger partial charge in [-0.15, -0.1) is 0 Å². The fourth-order valence-corrected chi connectivity index (χ4v) is 0.940. The van der Waals surface area contributed by atoms with Crippen LogP contribution < -0.4 is 10.6 Å². The lowest BCUT2D eigenvalue weighted by Gasteiger charge is -2.06. The largest absolute Gasteiger partial charge is 0.370 e. The van der Waals surface area contributed by atoms with Crippen molar-refractivity contribution < 1.29 is 0 Å². The van der Waals surface area contributed by atoms with E-state index in [9.17, 15) is 0 Å². The van der Waals surface area contributed by atoms with Gasteiger partial charge in [-0.2, -0.15) is 10.5 Å². The Morgan fingerprint density at radius 1 is 0.929 bits per heavy atom. The minimum atomic E-state index is 0.0239. The van der Waals surface area contributed by atoms with Crippen LogP contribution in [0, 0.1) is 22.7 Å². The van der Waals surface area contributed by atoms with Gasteiger partial charge in [0.05, 0.1) is 0 Å². The maximum Gasteiger partial charge on any atom is 0.179 e. The summed E-state index contributed by atoms with van der Waals surface area (Å²) in [7, 11) is 3.33. The molecule has 0 atom stereocenters. The standard InChI is InChI=1S/C8H8N6/c1-11-7-8(12-2)14-6(4-10)5(3-9)13-7/h1-2H3,(H,11,13)(H,12,14). The molecule has 0 aliphatic rings. The SMILES string of the molecule is CNc1nc(C#N)c(C#N)nc1NC. The van der Waals surface area contributed by atoms with Crippen molar-refractivity contribution in [1.29, 1.82) is 10.5 Å². The van der Waals surface area contributed by atoms with Crippen LogP contribution in [0.15, 0.2) is 0 Å². The Kier molecular flexibility index (Phi) is 2.82. The van der Waals surface area contributed by atoms with Crippen LogP contribution in [0.5, 0.6) is 0 Å². The van der Waals surface area contributed by atoms with Crippen LogP contribution in [-0.2, 0) is 0 Å². The first-order valence-corrected chi connectivity index (χ1v) is 3.84. The molecule has 6 nitrogen and oxygen atoms in total. The molecule has 6 heteroatoms. The molecule has 1 rings (SSSR count). The summed E-state index contributed by atoms with van der Waals surface area (Å²) < 4.78 is 0. The summed E-state index contributed by atoms with van der Waals surface area (Å²) in [5.41, 5.74) is 0.0479. The molecule has 0 amide bonds. The second kappa shape index (κ2) is 4.06. The van der Waals surface area contributed by atoms with Gasteiger partial charge in [-0.05, 0) is 0 Å². The van der Waals surface area contributed by atoms with Crippen molar-refractivity contribution in [3.8, 4) is 12.1 Å². The first-order chi connectivity index (χ1) is 6.76. The Bertz CT molecular complexity index is 384. The Hall–Kier alpha value is -2.34. The lowest BCUT2D eigenvalue weighted by molar-refractivity contribution is 1.12. The first-order valence-electron chi connectivity index (χ1n) is 3.84. The zero-order valence-electron chi connectivity index (χ0n) is 7.79. The monoisotopic (exact) mass is 188 g/mol. The van der Waals surface area contributed by atoms with Crippen molar-refractivity contribution in [3.63, 3.8) is 0 Å². The highest BCUT2D eigenvalue weighted by atomic mass is 15.1. The van der Waals surface area contributed by atoms with E-state index < -0.39 is 0 Å². The second-order valence-corrected chi connectivity index (χ2v) is 2.34. The van der Waals surface area contributed by atoms with Gasteiger partial charge >= 0.3 is 0 Å². The number of hydrogen-bond donors (Lipinski definition) is 2. The third-order valence-electron chi connectivity index (χ3n) is 1.58. The molecule has 1 aromatic rings. The van der Waals surface area contributed by atoms with Crippen molar-refractivity contribution in [2.24, 2.45) is 0 Å². The molecule has 0 saturated heterocycles. The first kappa shape index (κ1) is 9.75. The third kappa shape index (κ3) is 1.54. The summed E-state index contributed by atoms with van der Waals surface area (Å²) in [6.45, 7) is 0. The topological polar surface area (TPSA) is 97.4 Å². The number of hydrogen-bond acceptors (Lipinski definition) is 6. The lowest BCUT2D eigenvalue weighted by Crippen LogP contribution is -2.06. The van der Waals surface area contributed by atoms with E-state index in [-0.39, 0.29) is 11.4 Å². The Morgan fingerprint density at radius 3 is 1.50 bits per heavy atom. The molecule has 0 aliphatic heterocycles. The minimum absolute atomic E-state index is 0.0239. The zero-order valence-corrected chi connectivity index (χ0v) is 7.79. The van der Waals surface area contributed by atoms with Crippen molar-refractivity contribution in [2.75, 3.05) is 24.7 Å². The molecule has 1 aromatic heterocycles. The highest BCUT2D eigenvalue weighted by Gasteiger charge is 2.10. The van der Waals surface area contributed by atoms with Crippen molar-refractivity contribution in [3.05, 3.63) is 11.4 Å². The lowest BCUT2D eigenvalue weighted by atomic mass is 10.3. The molecule has 0 radical (unpaired) electrons. The van der Waals surface area contributed by atoms with E-state index in [2.05, 4.69) is 20.6 Å². The van der Waals surface area contributed by atoms with E-state index >= 15 is 0 Å². The summed E-state index contributed by atoms with van der Waals surface area (Å²) in [5.74, 6) is 0.895. The summed E-state index contributed by atoms with van der Waals surface area (Å²) in [4.78, 5) is 7.86. The molecule has 0 spiro atoms. The van der Waals surface area contributed by atoms with E-state index in [1.807, 2.05) is 12.1 Å². The van der Waals surface area contributed by atoms with Crippen LogP contribution in [-0.4, -0.2) is 24.1 Å². The van der Waals surface area contributed by atoms with Gasteiger partial charge in [0.25, 0.3) is 0 Å². The fraction of sp³-hybridized carbons (Fsp3) is 0.250. The Morgan fingerprint density at radius 2 is 1.29 bits per heavy atom. The van der Waals surface area contributed by atoms with E-state index in [1.54, 1.807) is 14.1 Å².